The average molecular weight is 857 g/mol. The van der Waals surface area contributed by atoms with Gasteiger partial charge in [0.15, 0.2) is 5.76 Å². The molecule has 0 saturated carbocycles. The van der Waals surface area contributed by atoms with Crippen LogP contribution in [0.15, 0.2) is 83.3 Å². The maximum Gasteiger partial charge on any atom is 0.363 e. The number of hydrogen-bond donors (Lipinski definition) is 3. The molecule has 15 nitrogen and oxygen atoms in total. The van der Waals surface area contributed by atoms with E-state index in [9.17, 15) is 38.0 Å². The van der Waals surface area contributed by atoms with E-state index in [0.29, 0.717) is 30.4 Å². The molecule has 1 aromatic heterocycles. The molecule has 16 heteroatoms. The van der Waals surface area contributed by atoms with Crippen molar-refractivity contribution in [3.8, 4) is 17.1 Å². The molecule has 0 unspecified atom stereocenters. The Labute approximate surface area is 359 Å². The van der Waals surface area contributed by atoms with E-state index in [2.05, 4.69) is 16.0 Å². The number of rotatable bonds is 24. The Morgan fingerprint density at radius 3 is 2.27 bits per heavy atom. The molecule has 0 bridgehead atoms. The van der Waals surface area contributed by atoms with Crippen LogP contribution >= 0.6 is 0 Å². The normalized spacial score (nSPS) is 12.2. The van der Waals surface area contributed by atoms with E-state index in [0.717, 1.165) is 29.5 Å². The van der Waals surface area contributed by atoms with Gasteiger partial charge in [-0.2, -0.15) is 5.06 Å². The molecule has 4 aromatic rings. The minimum absolute atomic E-state index is 0.0390. The number of carbonyl (C=O) groups is 7. The highest BCUT2D eigenvalue weighted by Gasteiger charge is 2.34. The number of furan rings is 1. The van der Waals surface area contributed by atoms with E-state index in [-0.39, 0.29) is 66.9 Å². The summed E-state index contributed by atoms with van der Waals surface area (Å²) in [4.78, 5) is 95.8. The Morgan fingerprint density at radius 2 is 1.61 bits per heavy atom. The molecule has 62 heavy (non-hydrogen) atoms. The summed E-state index contributed by atoms with van der Waals surface area (Å²) in [5, 5.41) is 8.69. The molecule has 4 rings (SSSR count). The van der Waals surface area contributed by atoms with Gasteiger partial charge < -0.3 is 34.7 Å². The molecule has 0 aliphatic carbocycles. The number of aryl methyl sites for hydroxylation is 1. The molecular formula is C46H53FN4O11. The van der Waals surface area contributed by atoms with Crippen LogP contribution in [-0.4, -0.2) is 72.3 Å². The SMILES string of the molecule is CCCCC[C@@H](C(=O)NCNC(=O)c1ccc(-c2ccc(C(=O)N[C@@H](CC(C)=O)C(=O)OCc3ccccc3)c(OCC)c2)o1)[C@@H](CC)N(C=O)OC(=O)c1ccc(F)cc1C. The van der Waals surface area contributed by atoms with Crippen molar-refractivity contribution in [1.29, 1.82) is 0 Å². The lowest BCUT2D eigenvalue weighted by molar-refractivity contribution is -0.171. The number of Topliss-reactive ketones (excluding diaryl/α,β-unsaturated/α-hetero) is 1. The minimum atomic E-state index is -1.25. The molecule has 330 valence electrons. The highest BCUT2D eigenvalue weighted by Crippen LogP contribution is 2.30. The van der Waals surface area contributed by atoms with Crippen LogP contribution in [0, 0.1) is 18.7 Å². The molecule has 3 atom stereocenters. The smallest absolute Gasteiger partial charge is 0.363 e. The fourth-order valence-corrected chi connectivity index (χ4v) is 6.65. The summed E-state index contributed by atoms with van der Waals surface area (Å²) in [5.41, 5.74) is 1.65. The first-order valence-corrected chi connectivity index (χ1v) is 20.5. The number of ether oxygens (including phenoxy) is 2. The highest BCUT2D eigenvalue weighted by molar-refractivity contribution is 6.00. The number of hydrogen-bond acceptors (Lipinski definition) is 11. The third-order valence-corrected chi connectivity index (χ3v) is 9.82. The third-order valence-electron chi connectivity index (χ3n) is 9.82. The van der Waals surface area contributed by atoms with Gasteiger partial charge in [-0.1, -0.05) is 69.5 Å². The molecule has 0 aliphatic rings. The maximum atomic E-state index is 13.6. The van der Waals surface area contributed by atoms with E-state index in [4.69, 9.17) is 18.7 Å². The van der Waals surface area contributed by atoms with Gasteiger partial charge in [-0.3, -0.25) is 24.0 Å². The summed E-state index contributed by atoms with van der Waals surface area (Å²) in [7, 11) is 0. The van der Waals surface area contributed by atoms with Crippen molar-refractivity contribution in [3.05, 3.63) is 113 Å². The number of nitrogens with one attached hydrogen (secondary N) is 3. The molecule has 0 saturated heterocycles. The Bertz CT molecular complexity index is 2190. The highest BCUT2D eigenvalue weighted by atomic mass is 19.1. The molecule has 4 amide bonds. The molecule has 0 spiro atoms. The van der Waals surface area contributed by atoms with Crippen LogP contribution < -0.4 is 20.7 Å². The van der Waals surface area contributed by atoms with E-state index in [1.165, 1.54) is 44.2 Å². The second kappa shape index (κ2) is 23.8. The second-order valence-electron chi connectivity index (χ2n) is 14.4. The summed E-state index contributed by atoms with van der Waals surface area (Å²) in [5.74, 6) is -4.82. The number of halogens is 1. The second-order valence-corrected chi connectivity index (χ2v) is 14.4. The first-order valence-electron chi connectivity index (χ1n) is 20.5. The number of unbranched alkanes of at least 4 members (excludes halogenated alkanes) is 2. The van der Waals surface area contributed by atoms with Crippen molar-refractivity contribution < 1.29 is 56.7 Å². The monoisotopic (exact) mass is 856 g/mol. The van der Waals surface area contributed by atoms with Gasteiger partial charge in [0.05, 0.1) is 36.4 Å². The summed E-state index contributed by atoms with van der Waals surface area (Å²) in [6, 6.07) is 17.9. The first-order chi connectivity index (χ1) is 29.8. The summed E-state index contributed by atoms with van der Waals surface area (Å²) >= 11 is 0. The summed E-state index contributed by atoms with van der Waals surface area (Å²) in [6.45, 7) is 8.15. The number of esters is 1. The zero-order valence-electron chi connectivity index (χ0n) is 35.5. The molecule has 0 radical (unpaired) electrons. The zero-order valence-corrected chi connectivity index (χ0v) is 35.5. The Kier molecular flexibility index (Phi) is 18.4. The molecule has 0 fully saturated rings. The van der Waals surface area contributed by atoms with Crippen molar-refractivity contribution in [3.63, 3.8) is 0 Å². The first kappa shape index (κ1) is 47.8. The fraction of sp³-hybridized carbons (Fsp3) is 0.370. The van der Waals surface area contributed by atoms with Gasteiger partial charge in [0.2, 0.25) is 12.3 Å². The van der Waals surface area contributed by atoms with E-state index < -0.39 is 53.5 Å². The van der Waals surface area contributed by atoms with Gasteiger partial charge in [-0.25, -0.2) is 14.0 Å². The van der Waals surface area contributed by atoms with Crippen LogP contribution in [0.1, 0.15) is 109 Å². The van der Waals surface area contributed by atoms with Crippen molar-refractivity contribution in [1.82, 2.24) is 21.0 Å². The van der Waals surface area contributed by atoms with Crippen LogP contribution in [0.25, 0.3) is 11.3 Å². The lowest BCUT2D eigenvalue weighted by atomic mass is 9.90. The van der Waals surface area contributed by atoms with Crippen LogP contribution in [0.5, 0.6) is 5.75 Å². The van der Waals surface area contributed by atoms with Gasteiger partial charge in [0.25, 0.3) is 11.8 Å². The third kappa shape index (κ3) is 13.6. The molecular weight excluding hydrogens is 804 g/mol. The van der Waals surface area contributed by atoms with E-state index in [1.807, 2.05) is 13.0 Å². The number of benzene rings is 3. The number of ketones is 1. The van der Waals surface area contributed by atoms with E-state index >= 15 is 0 Å². The quantitative estimate of drug-likeness (QED) is 0.0225. The Balaban J connectivity index is 1.41. The van der Waals surface area contributed by atoms with Crippen LogP contribution in [0.4, 0.5) is 4.39 Å². The predicted octanol–water partition coefficient (Wildman–Crippen LogP) is 6.62. The lowest BCUT2D eigenvalue weighted by Gasteiger charge is -2.32. The molecule has 3 aromatic carbocycles. The summed E-state index contributed by atoms with van der Waals surface area (Å²) in [6.07, 6.45) is 2.98. The summed E-state index contributed by atoms with van der Waals surface area (Å²) < 4.78 is 30.6. The number of carbonyl (C=O) groups excluding carboxylic acids is 7. The molecule has 3 N–H and O–H groups in total. The van der Waals surface area contributed by atoms with Gasteiger partial charge >= 0.3 is 11.9 Å². The van der Waals surface area contributed by atoms with Gasteiger partial charge in [-0.05, 0) is 87.2 Å². The predicted molar refractivity (Wildman–Crippen MR) is 225 cm³/mol. The molecule has 1 heterocycles. The Hall–Kier alpha value is -6.84. The largest absolute Gasteiger partial charge is 0.493 e. The van der Waals surface area contributed by atoms with Gasteiger partial charge in [0.1, 0.15) is 35.8 Å². The van der Waals surface area contributed by atoms with Crippen molar-refractivity contribution in [2.24, 2.45) is 5.92 Å². The number of hydroxylamine groups is 2. The number of amides is 4. The van der Waals surface area contributed by atoms with Crippen molar-refractivity contribution in [2.75, 3.05) is 13.3 Å². The van der Waals surface area contributed by atoms with Crippen LogP contribution in [0.2, 0.25) is 0 Å². The van der Waals surface area contributed by atoms with Crippen LogP contribution in [0.3, 0.4) is 0 Å². The molecule has 0 aliphatic heterocycles. The average Bonchev–Trinajstić information content (AvgIpc) is 3.75. The minimum Gasteiger partial charge on any atom is -0.493 e. The number of nitrogens with zero attached hydrogens (tertiary/aromatic N) is 1. The Morgan fingerprint density at radius 1 is 0.871 bits per heavy atom. The zero-order chi connectivity index (χ0) is 45.2. The van der Waals surface area contributed by atoms with Crippen molar-refractivity contribution >= 4 is 41.9 Å². The standard InChI is InChI=1S/C46H53FN4O11/c1-6-9-11-16-35(38(7-2)51(28-52)62-45(57)34-20-18-33(47)23-29(34)4)42(54)48-27-49-44(56)40-22-21-39(61-40)32-17-19-36(41(25-32)59-8-3)43(55)50-37(24-30(5)53)46(58)60-26-31-14-12-10-13-15-31/h10,12-15,17-23,25,28,35,37-38H,6-9,11,16,24,26-27H2,1-5H3,(H,48,54)(H,49,56)(H,50,55)/t35-,37+,38-/m1/s1. The topological polar surface area (TPSA) is 200 Å². The van der Waals surface area contributed by atoms with Gasteiger partial charge in [0, 0.05) is 12.0 Å². The van der Waals surface area contributed by atoms with Crippen molar-refractivity contribution in [2.45, 2.75) is 91.8 Å². The van der Waals surface area contributed by atoms with E-state index in [1.54, 1.807) is 50.2 Å². The van der Waals surface area contributed by atoms with Gasteiger partial charge in [-0.15, -0.1) is 0 Å². The lowest BCUT2D eigenvalue weighted by Crippen LogP contribution is -2.49. The maximum absolute atomic E-state index is 13.6. The van der Waals surface area contributed by atoms with Crippen LogP contribution in [-0.2, 0) is 35.4 Å². The fourth-order valence-electron chi connectivity index (χ4n) is 6.65.